The van der Waals surface area contributed by atoms with Crippen molar-refractivity contribution in [3.05, 3.63) is 133 Å². The van der Waals surface area contributed by atoms with Crippen LogP contribution >= 0.6 is 11.3 Å². The van der Waals surface area contributed by atoms with Gasteiger partial charge in [-0.25, -0.2) is 19.9 Å². The van der Waals surface area contributed by atoms with Crippen LogP contribution in [0.4, 0.5) is 0 Å². The number of fused-ring (bicyclic) bond motifs is 7. The lowest BCUT2D eigenvalue weighted by Crippen LogP contribution is -2.00. The third kappa shape index (κ3) is 4.17. The molecule has 0 atom stereocenters. The average Bonchev–Trinajstić information content (AvgIpc) is 3.85. The predicted molar refractivity (Wildman–Crippen MR) is 189 cm³/mol. The molecule has 0 fully saturated rings. The third-order valence-electron chi connectivity index (χ3n) is 8.59. The van der Waals surface area contributed by atoms with E-state index in [-0.39, 0.29) is 0 Å². The van der Waals surface area contributed by atoms with Crippen molar-refractivity contribution in [2.24, 2.45) is 0 Å². The highest BCUT2D eigenvalue weighted by Gasteiger charge is 2.20. The highest BCUT2D eigenvalue weighted by molar-refractivity contribution is 7.26. The molecule has 0 saturated heterocycles. The van der Waals surface area contributed by atoms with Gasteiger partial charge in [-0.1, -0.05) is 84.9 Å². The third-order valence-corrected chi connectivity index (χ3v) is 9.88. The normalized spacial score (nSPS) is 11.8. The summed E-state index contributed by atoms with van der Waals surface area (Å²) in [4.78, 5) is 20.0. The van der Waals surface area contributed by atoms with Gasteiger partial charge in [-0.05, 0) is 48.5 Å². The molecule has 0 aliphatic carbocycles. The number of hydrogen-bond acceptors (Lipinski definition) is 7. The predicted octanol–water partition coefficient (Wildman–Crippen LogP) is 10.9. The van der Waals surface area contributed by atoms with Gasteiger partial charge in [0.2, 0.25) is 5.89 Å². The van der Waals surface area contributed by atoms with Crippen LogP contribution in [0.5, 0.6) is 0 Å². The van der Waals surface area contributed by atoms with Crippen LogP contribution in [0.1, 0.15) is 0 Å². The van der Waals surface area contributed by atoms with E-state index < -0.39 is 0 Å². The minimum absolute atomic E-state index is 0.603. The first kappa shape index (κ1) is 26.1. The Bertz CT molecular complexity index is 2780. The number of nitrogens with zero attached hydrogens (tertiary/aromatic N) is 4. The Kier molecular flexibility index (Phi) is 5.64. The Morgan fingerprint density at radius 1 is 0.404 bits per heavy atom. The Balaban J connectivity index is 1.19. The SMILES string of the molecule is c1ccc(-c2nc(-c3ccc4oc5ccccc5c4c3)nc(-c3cccc4c3sc3c(-c5nc6ccccc6o5)cccc34)n2)cc1. The molecule has 0 saturated carbocycles. The van der Waals surface area contributed by atoms with Crippen molar-refractivity contribution in [2.75, 3.05) is 0 Å². The fourth-order valence-corrected chi connectivity index (χ4v) is 7.67. The van der Waals surface area contributed by atoms with Crippen LogP contribution in [-0.2, 0) is 0 Å². The summed E-state index contributed by atoms with van der Waals surface area (Å²) in [6.07, 6.45) is 0. The van der Waals surface area contributed by atoms with Gasteiger partial charge in [0, 0.05) is 47.6 Å². The van der Waals surface area contributed by atoms with E-state index in [1.54, 1.807) is 11.3 Å². The lowest BCUT2D eigenvalue weighted by molar-refractivity contribution is 0.621. The van der Waals surface area contributed by atoms with E-state index in [4.69, 9.17) is 28.8 Å². The molecule has 0 N–H and O–H groups in total. The molecule has 0 aliphatic rings. The molecule has 10 rings (SSSR count). The maximum Gasteiger partial charge on any atom is 0.228 e. The van der Waals surface area contributed by atoms with E-state index >= 15 is 0 Å². The smallest absolute Gasteiger partial charge is 0.228 e. The number of thiophene rings is 1. The fraction of sp³-hybridized carbons (Fsp3) is 0. The summed E-state index contributed by atoms with van der Waals surface area (Å²) in [5.41, 5.74) is 7.03. The average molecular weight is 623 g/mol. The molecule has 10 aromatic rings. The van der Waals surface area contributed by atoms with E-state index in [2.05, 4.69) is 48.5 Å². The first-order valence-electron chi connectivity index (χ1n) is 15.3. The summed E-state index contributed by atoms with van der Waals surface area (Å²) in [6, 6.07) is 44.8. The molecule has 0 spiro atoms. The zero-order chi connectivity index (χ0) is 30.9. The van der Waals surface area contributed by atoms with E-state index in [1.165, 1.54) is 0 Å². The van der Waals surface area contributed by atoms with Gasteiger partial charge in [0.25, 0.3) is 0 Å². The Labute approximate surface area is 271 Å². The monoisotopic (exact) mass is 622 g/mol. The summed E-state index contributed by atoms with van der Waals surface area (Å²) in [5, 5.41) is 4.36. The van der Waals surface area contributed by atoms with Gasteiger partial charge >= 0.3 is 0 Å². The summed E-state index contributed by atoms with van der Waals surface area (Å²) >= 11 is 1.71. The maximum atomic E-state index is 6.21. The van der Waals surface area contributed by atoms with Crippen LogP contribution in [0.2, 0.25) is 0 Å². The number of para-hydroxylation sites is 3. The second kappa shape index (κ2) is 10.2. The molecule has 0 radical (unpaired) electrons. The summed E-state index contributed by atoms with van der Waals surface area (Å²) in [5.74, 6) is 2.45. The van der Waals surface area contributed by atoms with Crippen LogP contribution in [0.15, 0.2) is 142 Å². The number of rotatable bonds is 4. The number of hydrogen-bond donors (Lipinski definition) is 0. The Morgan fingerprint density at radius 2 is 1.04 bits per heavy atom. The topological polar surface area (TPSA) is 77.8 Å². The molecular weight excluding hydrogens is 601 g/mol. The summed E-state index contributed by atoms with van der Waals surface area (Å²) < 4.78 is 14.5. The standard InChI is InChI=1S/C40H22N4O2S/c1-2-10-23(11-3-1)37-42-38(24-20-21-33-30(22-24)25-12-4-6-18-32(25)45-33)44-39(43-37)28-15-8-13-26-27-14-9-16-29(36(27)47-35(26)28)40-41-31-17-5-7-19-34(31)46-40/h1-22H. The van der Waals surface area contributed by atoms with Gasteiger partial charge in [-0.2, -0.15) is 0 Å². The van der Waals surface area contributed by atoms with Crippen LogP contribution in [0.25, 0.3) is 98.8 Å². The molecule has 4 aromatic heterocycles. The zero-order valence-corrected chi connectivity index (χ0v) is 25.5. The van der Waals surface area contributed by atoms with Gasteiger partial charge in [0.15, 0.2) is 23.1 Å². The van der Waals surface area contributed by atoms with Crippen LogP contribution in [0, 0.1) is 0 Å². The van der Waals surface area contributed by atoms with Crippen molar-refractivity contribution in [3.8, 4) is 45.6 Å². The highest BCUT2D eigenvalue weighted by atomic mass is 32.1. The van der Waals surface area contributed by atoms with Crippen molar-refractivity contribution >= 4 is 64.5 Å². The molecule has 47 heavy (non-hydrogen) atoms. The Morgan fingerprint density at radius 3 is 1.87 bits per heavy atom. The number of oxazole rings is 1. The first-order chi connectivity index (χ1) is 23.3. The van der Waals surface area contributed by atoms with Crippen LogP contribution in [-0.4, -0.2) is 19.9 Å². The minimum Gasteiger partial charge on any atom is -0.456 e. The number of furan rings is 1. The minimum atomic E-state index is 0.603. The molecule has 0 bridgehead atoms. The largest absolute Gasteiger partial charge is 0.456 e. The number of benzene rings is 6. The van der Waals surface area contributed by atoms with Crippen molar-refractivity contribution in [2.45, 2.75) is 0 Å². The quantitative estimate of drug-likeness (QED) is 0.194. The summed E-state index contributed by atoms with van der Waals surface area (Å²) in [7, 11) is 0. The van der Waals surface area contributed by atoms with Crippen LogP contribution < -0.4 is 0 Å². The molecular formula is C40H22N4O2S. The second-order valence-electron chi connectivity index (χ2n) is 11.4. The van der Waals surface area contributed by atoms with Crippen molar-refractivity contribution in [1.29, 1.82) is 0 Å². The highest BCUT2D eigenvalue weighted by Crippen LogP contribution is 2.44. The fourth-order valence-electron chi connectivity index (χ4n) is 6.36. The maximum absolute atomic E-state index is 6.21. The zero-order valence-electron chi connectivity index (χ0n) is 24.7. The van der Waals surface area contributed by atoms with Gasteiger partial charge in [-0.15, -0.1) is 11.3 Å². The van der Waals surface area contributed by atoms with Gasteiger partial charge in [0.05, 0.1) is 5.56 Å². The van der Waals surface area contributed by atoms with E-state index in [1.807, 2.05) is 84.9 Å². The first-order valence-corrected chi connectivity index (χ1v) is 16.1. The molecule has 0 aliphatic heterocycles. The molecule has 220 valence electrons. The lowest BCUT2D eigenvalue weighted by Gasteiger charge is -2.09. The molecule has 7 heteroatoms. The van der Waals surface area contributed by atoms with Gasteiger partial charge in [-0.3, -0.25) is 0 Å². The Hall–Kier alpha value is -6.18. The molecule has 0 unspecified atom stereocenters. The van der Waals surface area contributed by atoms with Gasteiger partial charge < -0.3 is 8.83 Å². The molecule has 6 aromatic carbocycles. The van der Waals surface area contributed by atoms with Crippen LogP contribution in [0.3, 0.4) is 0 Å². The molecule has 0 amide bonds. The second-order valence-corrected chi connectivity index (χ2v) is 12.5. The lowest BCUT2D eigenvalue weighted by atomic mass is 10.1. The van der Waals surface area contributed by atoms with Gasteiger partial charge in [0.1, 0.15) is 16.7 Å². The van der Waals surface area contributed by atoms with E-state index in [0.29, 0.717) is 23.4 Å². The molecule has 6 nitrogen and oxygen atoms in total. The molecule has 4 heterocycles. The van der Waals surface area contributed by atoms with Crippen molar-refractivity contribution < 1.29 is 8.83 Å². The summed E-state index contributed by atoms with van der Waals surface area (Å²) in [6.45, 7) is 0. The van der Waals surface area contributed by atoms with E-state index in [9.17, 15) is 0 Å². The van der Waals surface area contributed by atoms with Crippen molar-refractivity contribution in [3.63, 3.8) is 0 Å². The van der Waals surface area contributed by atoms with E-state index in [0.717, 1.165) is 75.5 Å². The van der Waals surface area contributed by atoms with Crippen molar-refractivity contribution in [1.82, 2.24) is 19.9 Å². The number of aromatic nitrogens is 4.